The van der Waals surface area contributed by atoms with Crippen molar-refractivity contribution in [1.29, 1.82) is 0 Å². The second-order valence-corrected chi connectivity index (χ2v) is 18.6. The monoisotopic (exact) mass is 869 g/mol. The summed E-state index contributed by atoms with van der Waals surface area (Å²) >= 11 is 1.47. The van der Waals surface area contributed by atoms with Crippen LogP contribution < -0.4 is 4.90 Å². The highest BCUT2D eigenvalue weighted by molar-refractivity contribution is 7.20. The van der Waals surface area contributed by atoms with Crippen LogP contribution in [0.3, 0.4) is 0 Å². The SMILES string of the molecule is [2H]c1c([2H])c([2H])c(C2(c3c([2H])c([2H])c([2H])c([2H])c3[2H])c3ccccc3-c3sc(-c4ccc(N(c5ccc6c(c5)C(C)(C)c5ccccc5-6)c5cc6ccccc6c6ccccc56)cc4)c(-c4ccccc4)c32)c([2H])c1[2H]. The van der Waals surface area contributed by atoms with Crippen LogP contribution in [0.4, 0.5) is 17.1 Å². The first-order chi connectivity index (χ1) is 36.7. The Morgan fingerprint density at radius 3 is 1.74 bits per heavy atom. The van der Waals surface area contributed by atoms with Crippen LogP contribution in [0.2, 0.25) is 0 Å². The van der Waals surface area contributed by atoms with Crippen molar-refractivity contribution in [2.45, 2.75) is 24.7 Å². The molecule has 0 radical (unpaired) electrons. The minimum absolute atomic E-state index is 0.195. The van der Waals surface area contributed by atoms with Crippen LogP contribution in [0.15, 0.2) is 236 Å². The zero-order chi connectivity index (χ0) is 52.7. The van der Waals surface area contributed by atoms with Crippen LogP contribution in [0, 0.1) is 0 Å². The lowest BCUT2D eigenvalue weighted by molar-refractivity contribution is 0.660. The van der Waals surface area contributed by atoms with E-state index in [1.165, 1.54) is 33.6 Å². The maximum absolute atomic E-state index is 9.66. The fourth-order valence-electron chi connectivity index (χ4n) is 11.0. The van der Waals surface area contributed by atoms with E-state index >= 15 is 0 Å². The van der Waals surface area contributed by atoms with Gasteiger partial charge in [-0.2, -0.15) is 0 Å². The van der Waals surface area contributed by atoms with Crippen LogP contribution >= 0.6 is 11.3 Å². The lowest BCUT2D eigenvalue weighted by Crippen LogP contribution is -2.28. The average molecular weight is 870 g/mol. The van der Waals surface area contributed by atoms with E-state index in [2.05, 4.69) is 140 Å². The summed E-state index contributed by atoms with van der Waals surface area (Å²) in [5, 5.41) is 4.49. The standard InChI is InChI=1S/C64H45NS/c1-63(2)55-32-18-16-29-51(55)52-39-38-48(41-57(52)63)65(58-40-44-22-12-13-27-49(44)50-28-14-15-30-53(50)58)47-36-34-43(35-37-47)61-59(42-20-6-3-7-21-42)60-62(66-61)54-31-17-19-33-56(54)64(60,45-23-8-4-9-24-45)46-25-10-5-11-26-46/h3-41H,1-2H3/i4D,5D,8D,9D,10D,11D,23D,24D,25D,26D. The molecule has 2 aliphatic rings. The third-order valence-corrected chi connectivity index (χ3v) is 15.1. The highest BCUT2D eigenvalue weighted by Gasteiger charge is 2.49. The maximum atomic E-state index is 9.66. The van der Waals surface area contributed by atoms with Gasteiger partial charge < -0.3 is 4.90 Å². The molecule has 312 valence electrons. The fourth-order valence-corrected chi connectivity index (χ4v) is 12.4. The van der Waals surface area contributed by atoms with Gasteiger partial charge in [-0.3, -0.25) is 0 Å². The average Bonchev–Trinajstić information content (AvgIpc) is 4.16. The molecule has 0 saturated carbocycles. The molecule has 0 N–H and O–H groups in total. The molecule has 0 saturated heterocycles. The normalized spacial score (nSPS) is 16.0. The number of thiophene rings is 1. The van der Waals surface area contributed by atoms with E-state index in [9.17, 15) is 5.48 Å². The molecule has 1 nitrogen and oxygen atoms in total. The third kappa shape index (κ3) is 5.58. The summed E-state index contributed by atoms with van der Waals surface area (Å²) in [6.45, 7) is 4.58. The summed E-state index contributed by atoms with van der Waals surface area (Å²) in [7, 11) is 0. The van der Waals surface area contributed by atoms with Crippen molar-refractivity contribution in [3.63, 3.8) is 0 Å². The number of nitrogens with zero attached hydrogens (tertiary/aromatic N) is 1. The summed E-state index contributed by atoms with van der Waals surface area (Å²) in [5.74, 6) is 0. The molecule has 0 atom stereocenters. The van der Waals surface area contributed by atoms with Gasteiger partial charge >= 0.3 is 0 Å². The summed E-state index contributed by atoms with van der Waals surface area (Å²) in [6, 6.07) is 54.4. The van der Waals surface area contributed by atoms with Crippen molar-refractivity contribution >= 4 is 49.9 Å². The molecule has 13 rings (SSSR count). The predicted octanol–water partition coefficient (Wildman–Crippen LogP) is 17.5. The highest BCUT2D eigenvalue weighted by Crippen LogP contribution is 2.64. The Balaban J connectivity index is 1.09. The van der Waals surface area contributed by atoms with Crippen molar-refractivity contribution in [2.75, 3.05) is 4.90 Å². The Morgan fingerprint density at radius 2 is 1.02 bits per heavy atom. The van der Waals surface area contributed by atoms with E-state index in [1.54, 1.807) is 12.1 Å². The summed E-state index contributed by atoms with van der Waals surface area (Å²) in [5.41, 5.74) is 9.05. The van der Waals surface area contributed by atoms with Crippen molar-refractivity contribution in [3.05, 3.63) is 270 Å². The molecule has 0 bridgehead atoms. The summed E-state index contributed by atoms with van der Waals surface area (Å²) < 4.78 is 92.2. The molecule has 66 heavy (non-hydrogen) atoms. The minimum Gasteiger partial charge on any atom is -0.310 e. The quantitative estimate of drug-likeness (QED) is 0.144. The first-order valence-electron chi connectivity index (χ1n) is 27.2. The minimum atomic E-state index is -2.00. The molecule has 0 aliphatic heterocycles. The van der Waals surface area contributed by atoms with E-state index in [0.717, 1.165) is 54.6 Å². The van der Waals surface area contributed by atoms with E-state index in [4.69, 9.17) is 8.22 Å². The molecule has 10 aromatic carbocycles. The fraction of sp³-hybridized carbons (Fsp3) is 0.0625. The number of anilines is 3. The summed E-state index contributed by atoms with van der Waals surface area (Å²) in [6.07, 6.45) is 0. The van der Waals surface area contributed by atoms with Gasteiger partial charge in [-0.1, -0.05) is 220 Å². The van der Waals surface area contributed by atoms with Crippen molar-refractivity contribution in [2.24, 2.45) is 0 Å². The van der Waals surface area contributed by atoms with Gasteiger partial charge in [0.05, 0.1) is 24.8 Å². The van der Waals surface area contributed by atoms with Crippen LogP contribution in [0.25, 0.3) is 64.7 Å². The Hall–Kier alpha value is -7.78. The van der Waals surface area contributed by atoms with Crippen molar-refractivity contribution in [3.8, 4) is 43.1 Å². The zero-order valence-corrected chi connectivity index (χ0v) is 36.9. The molecule has 1 aromatic heterocycles. The lowest BCUT2D eigenvalue weighted by Gasteiger charge is -2.34. The lowest BCUT2D eigenvalue weighted by atomic mass is 9.66. The largest absolute Gasteiger partial charge is 0.310 e. The third-order valence-electron chi connectivity index (χ3n) is 13.9. The first-order valence-corrected chi connectivity index (χ1v) is 23.0. The van der Waals surface area contributed by atoms with Crippen LogP contribution in [0.5, 0.6) is 0 Å². The zero-order valence-electron chi connectivity index (χ0n) is 46.1. The molecule has 0 amide bonds. The molecular weight excluding hydrogens is 815 g/mol. The first kappa shape index (κ1) is 29.6. The topological polar surface area (TPSA) is 3.24 Å². The van der Waals surface area contributed by atoms with Gasteiger partial charge in [0.25, 0.3) is 0 Å². The number of hydrogen-bond acceptors (Lipinski definition) is 2. The molecule has 0 unspecified atom stereocenters. The Labute approximate surface area is 404 Å². The van der Waals surface area contributed by atoms with Crippen LogP contribution in [0.1, 0.15) is 60.9 Å². The predicted molar refractivity (Wildman–Crippen MR) is 280 cm³/mol. The second-order valence-electron chi connectivity index (χ2n) is 17.6. The van der Waals surface area contributed by atoms with Gasteiger partial charge in [0.15, 0.2) is 0 Å². The molecule has 0 spiro atoms. The van der Waals surface area contributed by atoms with Crippen molar-refractivity contribution in [1.82, 2.24) is 0 Å². The van der Waals surface area contributed by atoms with Gasteiger partial charge in [0, 0.05) is 37.5 Å². The van der Waals surface area contributed by atoms with Crippen LogP contribution in [-0.2, 0) is 10.8 Å². The summed E-state index contributed by atoms with van der Waals surface area (Å²) in [4.78, 5) is 3.82. The maximum Gasteiger partial charge on any atom is 0.0728 e. The molecular formula is C64H45NS. The molecule has 2 heteroatoms. The number of hydrogen-bond donors (Lipinski definition) is 0. The van der Waals surface area contributed by atoms with Crippen molar-refractivity contribution < 1.29 is 13.7 Å². The molecule has 1 heterocycles. The van der Waals surface area contributed by atoms with Gasteiger partial charge in [0.2, 0.25) is 0 Å². The smallest absolute Gasteiger partial charge is 0.0728 e. The molecule has 2 aliphatic carbocycles. The van der Waals surface area contributed by atoms with Gasteiger partial charge in [0.1, 0.15) is 0 Å². The Morgan fingerprint density at radius 1 is 0.439 bits per heavy atom. The number of rotatable bonds is 7. The van der Waals surface area contributed by atoms with Gasteiger partial charge in [-0.05, 0) is 108 Å². The van der Waals surface area contributed by atoms with E-state index < -0.39 is 65.8 Å². The van der Waals surface area contributed by atoms with E-state index in [0.29, 0.717) is 27.1 Å². The number of benzene rings is 10. The molecule has 11 aromatic rings. The Bertz CT molecular complexity index is 4150. The van der Waals surface area contributed by atoms with Crippen LogP contribution in [-0.4, -0.2) is 0 Å². The van der Waals surface area contributed by atoms with Gasteiger partial charge in [-0.15, -0.1) is 11.3 Å². The number of fused-ring (bicyclic) bond motifs is 9. The highest BCUT2D eigenvalue weighted by atomic mass is 32.1. The van der Waals surface area contributed by atoms with Gasteiger partial charge in [-0.25, -0.2) is 0 Å². The second kappa shape index (κ2) is 14.9. The van der Waals surface area contributed by atoms with E-state index in [-0.39, 0.29) is 16.5 Å². The Kier molecular flexibility index (Phi) is 6.68. The molecule has 0 fully saturated rings. The van der Waals surface area contributed by atoms with E-state index in [1.807, 2.05) is 42.5 Å².